The van der Waals surface area contributed by atoms with Crippen LogP contribution in [-0.4, -0.2) is 18.2 Å². The van der Waals surface area contributed by atoms with E-state index in [0.29, 0.717) is 12.0 Å². The van der Waals surface area contributed by atoms with Crippen LogP contribution in [0.2, 0.25) is 0 Å². The Hall–Kier alpha value is -1.65. The lowest BCUT2D eigenvalue weighted by Gasteiger charge is -2.11. The lowest BCUT2D eigenvalue weighted by Crippen LogP contribution is -2.02. The van der Waals surface area contributed by atoms with Gasteiger partial charge in [0.25, 0.3) is 0 Å². The van der Waals surface area contributed by atoms with Gasteiger partial charge >= 0.3 is 5.97 Å². The van der Waals surface area contributed by atoms with Crippen molar-refractivity contribution < 1.29 is 14.6 Å². The molecule has 116 valence electrons. The number of methoxy groups -OCH3 is 1. The monoisotopic (exact) mass is 362 g/mol. The Morgan fingerprint density at radius 2 is 1.95 bits per heavy atom. The number of hydrogen-bond donors (Lipinski definition) is 1. The molecular weight excluding hydrogens is 344 g/mol. The Balaban J connectivity index is 1.91. The van der Waals surface area contributed by atoms with Gasteiger partial charge in [-0.3, -0.25) is 0 Å². The predicted octanol–water partition coefficient (Wildman–Crippen LogP) is 4.29. The minimum absolute atomic E-state index is 0.341. The third-order valence-electron chi connectivity index (χ3n) is 3.58. The van der Waals surface area contributed by atoms with Gasteiger partial charge in [-0.05, 0) is 42.5 Å². The van der Waals surface area contributed by atoms with Gasteiger partial charge in [-0.2, -0.15) is 0 Å². The van der Waals surface area contributed by atoms with Crippen molar-refractivity contribution in [1.82, 2.24) is 0 Å². The predicted molar refractivity (Wildman–Crippen MR) is 89.8 cm³/mol. The smallest absolute Gasteiger partial charge is 0.337 e. The van der Waals surface area contributed by atoms with E-state index in [1.54, 1.807) is 12.1 Å². The second-order valence-corrected chi connectivity index (χ2v) is 5.97. The standard InChI is InChI=1S/C18H19BrO3/c1-22-18(21)15-11-10-13(16(19)12-15)8-5-9-17(20)14-6-3-2-4-7-14/h2-4,6-7,10-12,17,20H,5,8-9H2,1H3/t17-/m1/s1. The van der Waals surface area contributed by atoms with E-state index in [-0.39, 0.29) is 5.97 Å². The SMILES string of the molecule is COC(=O)c1ccc(CCC[C@@H](O)c2ccccc2)c(Br)c1. The minimum Gasteiger partial charge on any atom is -0.465 e. The maximum atomic E-state index is 11.5. The summed E-state index contributed by atoms with van der Waals surface area (Å²) in [5, 5.41) is 10.1. The van der Waals surface area contributed by atoms with Gasteiger partial charge in [0.15, 0.2) is 0 Å². The maximum absolute atomic E-state index is 11.5. The van der Waals surface area contributed by atoms with Crippen molar-refractivity contribution >= 4 is 21.9 Å². The first-order valence-electron chi connectivity index (χ1n) is 7.21. The highest BCUT2D eigenvalue weighted by atomic mass is 79.9. The lowest BCUT2D eigenvalue weighted by molar-refractivity contribution is 0.0600. The maximum Gasteiger partial charge on any atom is 0.337 e. The van der Waals surface area contributed by atoms with Gasteiger partial charge in [0.05, 0.1) is 18.8 Å². The Kier molecular flexibility index (Phi) is 6.16. The number of carbonyl (C=O) groups excluding carboxylic acids is 1. The number of aryl methyl sites for hydroxylation is 1. The molecular formula is C18H19BrO3. The number of aliphatic hydroxyl groups excluding tert-OH is 1. The number of ether oxygens (including phenoxy) is 1. The fourth-order valence-corrected chi connectivity index (χ4v) is 2.90. The molecule has 0 aliphatic rings. The molecule has 0 aliphatic carbocycles. The van der Waals surface area contributed by atoms with Crippen molar-refractivity contribution in [2.45, 2.75) is 25.4 Å². The van der Waals surface area contributed by atoms with Gasteiger partial charge in [-0.1, -0.05) is 52.3 Å². The molecule has 0 spiro atoms. The highest BCUT2D eigenvalue weighted by molar-refractivity contribution is 9.10. The van der Waals surface area contributed by atoms with E-state index in [9.17, 15) is 9.90 Å². The number of benzene rings is 2. The number of halogens is 1. The molecule has 0 amide bonds. The van der Waals surface area contributed by atoms with E-state index in [4.69, 9.17) is 4.74 Å². The highest BCUT2D eigenvalue weighted by Gasteiger charge is 2.10. The normalized spacial score (nSPS) is 12.0. The van der Waals surface area contributed by atoms with E-state index in [2.05, 4.69) is 15.9 Å². The molecule has 1 N–H and O–H groups in total. The summed E-state index contributed by atoms with van der Waals surface area (Å²) < 4.78 is 5.59. The Morgan fingerprint density at radius 3 is 2.59 bits per heavy atom. The van der Waals surface area contributed by atoms with Gasteiger partial charge < -0.3 is 9.84 Å². The molecule has 0 aromatic heterocycles. The first-order valence-corrected chi connectivity index (χ1v) is 8.01. The largest absolute Gasteiger partial charge is 0.465 e. The first-order chi connectivity index (χ1) is 10.6. The van der Waals surface area contributed by atoms with Gasteiger partial charge in [0.2, 0.25) is 0 Å². The molecule has 0 saturated carbocycles. The van der Waals surface area contributed by atoms with E-state index in [1.807, 2.05) is 36.4 Å². The summed E-state index contributed by atoms with van der Waals surface area (Å²) in [5.41, 5.74) is 2.60. The van der Waals surface area contributed by atoms with Crippen molar-refractivity contribution in [3.63, 3.8) is 0 Å². The number of carbonyl (C=O) groups is 1. The van der Waals surface area contributed by atoms with Crippen LogP contribution in [0, 0.1) is 0 Å². The van der Waals surface area contributed by atoms with Crippen LogP contribution < -0.4 is 0 Å². The average molecular weight is 363 g/mol. The summed E-state index contributed by atoms with van der Waals surface area (Å²) in [7, 11) is 1.37. The number of hydrogen-bond acceptors (Lipinski definition) is 3. The Labute approximate surface area is 139 Å². The molecule has 0 saturated heterocycles. The Morgan fingerprint density at radius 1 is 1.23 bits per heavy atom. The fourth-order valence-electron chi connectivity index (χ4n) is 2.32. The highest BCUT2D eigenvalue weighted by Crippen LogP contribution is 2.23. The van der Waals surface area contributed by atoms with Crippen LogP contribution in [0.5, 0.6) is 0 Å². The van der Waals surface area contributed by atoms with Gasteiger partial charge in [0, 0.05) is 4.47 Å². The topological polar surface area (TPSA) is 46.5 Å². The van der Waals surface area contributed by atoms with E-state index >= 15 is 0 Å². The van der Waals surface area contributed by atoms with Crippen molar-refractivity contribution in [1.29, 1.82) is 0 Å². The van der Waals surface area contributed by atoms with Crippen LogP contribution in [0.4, 0.5) is 0 Å². The van der Waals surface area contributed by atoms with Gasteiger partial charge in [-0.25, -0.2) is 4.79 Å². The zero-order chi connectivity index (χ0) is 15.9. The molecule has 0 radical (unpaired) electrons. The number of esters is 1. The first kappa shape index (κ1) is 16.7. The molecule has 1 atom stereocenters. The van der Waals surface area contributed by atoms with Crippen molar-refractivity contribution in [2.75, 3.05) is 7.11 Å². The van der Waals surface area contributed by atoms with Crippen LogP contribution in [0.3, 0.4) is 0 Å². The van der Waals surface area contributed by atoms with Gasteiger partial charge in [0.1, 0.15) is 0 Å². The van der Waals surface area contributed by atoms with Crippen LogP contribution >= 0.6 is 15.9 Å². The van der Waals surface area contributed by atoms with Crippen molar-refractivity contribution in [2.24, 2.45) is 0 Å². The number of rotatable bonds is 6. The molecule has 22 heavy (non-hydrogen) atoms. The molecule has 0 heterocycles. The molecule has 0 bridgehead atoms. The number of aliphatic hydroxyl groups is 1. The average Bonchev–Trinajstić information content (AvgIpc) is 2.56. The Bertz CT molecular complexity index is 625. The third kappa shape index (κ3) is 4.42. The van der Waals surface area contributed by atoms with Crippen LogP contribution in [0.25, 0.3) is 0 Å². The third-order valence-corrected chi connectivity index (χ3v) is 4.32. The summed E-state index contributed by atoms with van der Waals surface area (Å²) in [6.07, 6.45) is 1.97. The quantitative estimate of drug-likeness (QED) is 0.779. The van der Waals surface area contributed by atoms with Crippen LogP contribution in [-0.2, 0) is 11.2 Å². The van der Waals surface area contributed by atoms with Crippen LogP contribution in [0.1, 0.15) is 40.4 Å². The summed E-state index contributed by atoms with van der Waals surface area (Å²) in [6.45, 7) is 0. The van der Waals surface area contributed by atoms with Gasteiger partial charge in [-0.15, -0.1) is 0 Å². The zero-order valence-corrected chi connectivity index (χ0v) is 14.0. The zero-order valence-electron chi connectivity index (χ0n) is 12.5. The second-order valence-electron chi connectivity index (χ2n) is 5.12. The summed E-state index contributed by atoms with van der Waals surface area (Å²) in [6, 6.07) is 15.1. The van der Waals surface area contributed by atoms with E-state index in [0.717, 1.165) is 28.4 Å². The molecule has 4 heteroatoms. The molecule has 3 nitrogen and oxygen atoms in total. The molecule has 2 aromatic carbocycles. The lowest BCUT2D eigenvalue weighted by atomic mass is 10.0. The van der Waals surface area contributed by atoms with Crippen LogP contribution in [0.15, 0.2) is 53.0 Å². The van der Waals surface area contributed by atoms with Crippen molar-refractivity contribution in [3.8, 4) is 0 Å². The molecule has 2 aromatic rings. The second kappa shape index (κ2) is 8.11. The summed E-state index contributed by atoms with van der Waals surface area (Å²) >= 11 is 3.49. The van der Waals surface area contributed by atoms with Crippen molar-refractivity contribution in [3.05, 3.63) is 69.7 Å². The van der Waals surface area contributed by atoms with E-state index < -0.39 is 6.10 Å². The summed E-state index contributed by atoms with van der Waals surface area (Å²) in [4.78, 5) is 11.5. The summed E-state index contributed by atoms with van der Waals surface area (Å²) in [5.74, 6) is -0.341. The fraction of sp³-hybridized carbons (Fsp3) is 0.278. The molecule has 0 fully saturated rings. The molecule has 2 rings (SSSR count). The van der Waals surface area contributed by atoms with E-state index in [1.165, 1.54) is 7.11 Å². The minimum atomic E-state index is -0.436. The molecule has 0 unspecified atom stereocenters. The molecule has 0 aliphatic heterocycles.